The van der Waals surface area contributed by atoms with Crippen molar-refractivity contribution in [2.24, 2.45) is 0 Å². The van der Waals surface area contributed by atoms with E-state index in [0.717, 1.165) is 30.8 Å². The lowest BCUT2D eigenvalue weighted by molar-refractivity contribution is 0.164. The van der Waals surface area contributed by atoms with Gasteiger partial charge in [0.25, 0.3) is 0 Å². The molecule has 0 aliphatic carbocycles. The number of aliphatic hydroxyl groups excluding tert-OH is 1. The molecule has 0 fully saturated rings. The second-order valence-electron chi connectivity index (χ2n) is 3.71. The van der Waals surface area contributed by atoms with Gasteiger partial charge in [0.15, 0.2) is 0 Å². The lowest BCUT2D eigenvalue weighted by atomic mass is 10.2. The van der Waals surface area contributed by atoms with Crippen LogP contribution in [0.2, 0.25) is 0 Å². The van der Waals surface area contributed by atoms with Crippen molar-refractivity contribution >= 4 is 11.5 Å². The van der Waals surface area contributed by atoms with Crippen LogP contribution in [0.4, 0.5) is 11.5 Å². The minimum atomic E-state index is -0.230. The lowest BCUT2D eigenvalue weighted by Crippen LogP contribution is -2.13. The van der Waals surface area contributed by atoms with Crippen LogP contribution in [0.1, 0.15) is 25.3 Å². The van der Waals surface area contributed by atoms with Gasteiger partial charge in [0.1, 0.15) is 5.82 Å². The summed E-state index contributed by atoms with van der Waals surface area (Å²) in [6, 6.07) is 1.88. The molecule has 4 nitrogen and oxygen atoms in total. The molecule has 1 aromatic heterocycles. The number of pyridine rings is 1. The molecule has 0 radical (unpaired) electrons. The third-order valence-electron chi connectivity index (χ3n) is 2.34. The number of aliphatic hydroxyl groups is 1. The van der Waals surface area contributed by atoms with E-state index in [1.54, 1.807) is 6.20 Å². The van der Waals surface area contributed by atoms with Crippen LogP contribution in [0.3, 0.4) is 0 Å². The first-order valence-corrected chi connectivity index (χ1v) is 5.27. The number of nitrogens with zero attached hydrogens (tertiary/aromatic N) is 1. The Hall–Kier alpha value is -1.29. The van der Waals surface area contributed by atoms with Crippen LogP contribution in [-0.4, -0.2) is 22.7 Å². The third-order valence-corrected chi connectivity index (χ3v) is 2.34. The number of nitrogens with two attached hydrogens (primary N) is 1. The molecule has 0 amide bonds. The normalized spacial score (nSPS) is 12.5. The Morgan fingerprint density at radius 1 is 1.60 bits per heavy atom. The van der Waals surface area contributed by atoms with Crippen LogP contribution in [0.25, 0.3) is 0 Å². The van der Waals surface area contributed by atoms with Crippen LogP contribution in [0, 0.1) is 6.92 Å². The molecule has 0 spiro atoms. The van der Waals surface area contributed by atoms with Gasteiger partial charge in [-0.3, -0.25) is 0 Å². The fourth-order valence-electron chi connectivity index (χ4n) is 1.34. The van der Waals surface area contributed by atoms with E-state index in [2.05, 4.69) is 10.3 Å². The molecule has 4 N–H and O–H groups in total. The molecule has 1 unspecified atom stereocenters. The van der Waals surface area contributed by atoms with Crippen LogP contribution >= 0.6 is 0 Å². The van der Waals surface area contributed by atoms with E-state index in [4.69, 9.17) is 5.73 Å². The summed E-state index contributed by atoms with van der Waals surface area (Å²) < 4.78 is 0. The fourth-order valence-corrected chi connectivity index (χ4v) is 1.34. The zero-order chi connectivity index (χ0) is 11.3. The largest absolute Gasteiger partial charge is 0.397 e. The van der Waals surface area contributed by atoms with E-state index >= 15 is 0 Å². The number of nitrogens with one attached hydrogen (secondary N) is 1. The van der Waals surface area contributed by atoms with E-state index in [-0.39, 0.29) is 6.10 Å². The lowest BCUT2D eigenvalue weighted by Gasteiger charge is -2.11. The summed E-state index contributed by atoms with van der Waals surface area (Å²) in [5, 5.41) is 12.5. The Labute approximate surface area is 90.5 Å². The average molecular weight is 209 g/mol. The number of anilines is 2. The number of hydrogen-bond donors (Lipinski definition) is 3. The first-order chi connectivity index (χ1) is 7.13. The number of aryl methyl sites for hydroxylation is 1. The van der Waals surface area contributed by atoms with Crippen molar-refractivity contribution in [2.75, 3.05) is 17.6 Å². The van der Waals surface area contributed by atoms with Crippen LogP contribution in [0.15, 0.2) is 12.3 Å². The predicted molar refractivity (Wildman–Crippen MR) is 62.8 cm³/mol. The fraction of sp³-hybridized carbons (Fsp3) is 0.545. The summed E-state index contributed by atoms with van der Waals surface area (Å²) in [4.78, 5) is 4.18. The highest BCUT2D eigenvalue weighted by Gasteiger charge is 2.02. The monoisotopic (exact) mass is 209 g/mol. The maximum absolute atomic E-state index is 9.37. The molecular weight excluding hydrogens is 190 g/mol. The zero-order valence-electron chi connectivity index (χ0n) is 9.33. The molecule has 0 aliphatic rings. The van der Waals surface area contributed by atoms with Crippen molar-refractivity contribution in [3.8, 4) is 0 Å². The first kappa shape index (κ1) is 11.8. The molecule has 1 rings (SSSR count). The van der Waals surface area contributed by atoms with Gasteiger partial charge in [0.05, 0.1) is 18.0 Å². The number of hydrogen-bond acceptors (Lipinski definition) is 4. The van der Waals surface area contributed by atoms with Crippen LogP contribution in [-0.2, 0) is 0 Å². The predicted octanol–water partition coefficient (Wildman–Crippen LogP) is 1.55. The zero-order valence-corrected chi connectivity index (χ0v) is 9.33. The van der Waals surface area contributed by atoms with Gasteiger partial charge < -0.3 is 16.2 Å². The first-order valence-electron chi connectivity index (χ1n) is 5.27. The van der Waals surface area contributed by atoms with Crippen molar-refractivity contribution in [1.82, 2.24) is 4.98 Å². The summed E-state index contributed by atoms with van der Waals surface area (Å²) in [6.07, 6.45) is 2.93. The van der Waals surface area contributed by atoms with Gasteiger partial charge in [0, 0.05) is 6.54 Å². The molecule has 84 valence electrons. The molecular formula is C11H19N3O. The summed E-state index contributed by atoms with van der Waals surface area (Å²) in [7, 11) is 0. The Bertz CT molecular complexity index is 315. The standard InChI is InChI=1S/C11H19N3O/c1-3-10(15)4-5-13-11-8(2)6-9(12)7-14-11/h6-7,10,15H,3-5,12H2,1-2H3,(H,13,14). The maximum Gasteiger partial charge on any atom is 0.128 e. The van der Waals surface area contributed by atoms with Crippen molar-refractivity contribution in [1.29, 1.82) is 0 Å². The highest BCUT2D eigenvalue weighted by Crippen LogP contribution is 2.13. The SMILES string of the molecule is CCC(O)CCNc1ncc(N)cc1C. The van der Waals surface area contributed by atoms with Crippen molar-refractivity contribution in [2.45, 2.75) is 32.8 Å². The second-order valence-corrected chi connectivity index (χ2v) is 3.71. The molecule has 1 heterocycles. The average Bonchev–Trinajstić information content (AvgIpc) is 2.21. The number of rotatable bonds is 5. The maximum atomic E-state index is 9.37. The van der Waals surface area contributed by atoms with E-state index in [1.807, 2.05) is 19.9 Å². The van der Waals surface area contributed by atoms with Gasteiger partial charge >= 0.3 is 0 Å². The molecule has 15 heavy (non-hydrogen) atoms. The number of aromatic nitrogens is 1. The van der Waals surface area contributed by atoms with Gasteiger partial charge in [-0.05, 0) is 31.4 Å². The molecule has 4 heteroatoms. The molecule has 0 aliphatic heterocycles. The Balaban J connectivity index is 2.44. The van der Waals surface area contributed by atoms with E-state index in [9.17, 15) is 5.11 Å². The van der Waals surface area contributed by atoms with Crippen molar-refractivity contribution in [3.05, 3.63) is 17.8 Å². The summed E-state index contributed by atoms with van der Waals surface area (Å²) in [5.74, 6) is 0.840. The molecule has 0 saturated heterocycles. The van der Waals surface area contributed by atoms with Crippen LogP contribution < -0.4 is 11.1 Å². The Morgan fingerprint density at radius 2 is 2.33 bits per heavy atom. The van der Waals surface area contributed by atoms with Crippen molar-refractivity contribution in [3.63, 3.8) is 0 Å². The van der Waals surface area contributed by atoms with Gasteiger partial charge in [-0.2, -0.15) is 0 Å². The van der Waals surface area contributed by atoms with E-state index < -0.39 is 0 Å². The number of nitrogen functional groups attached to an aromatic ring is 1. The molecule has 0 saturated carbocycles. The second kappa shape index (κ2) is 5.56. The van der Waals surface area contributed by atoms with Gasteiger partial charge in [-0.15, -0.1) is 0 Å². The molecule has 0 aromatic carbocycles. The summed E-state index contributed by atoms with van der Waals surface area (Å²) in [6.45, 7) is 4.66. The Kier molecular flexibility index (Phi) is 4.37. The summed E-state index contributed by atoms with van der Waals surface area (Å²) >= 11 is 0. The van der Waals surface area contributed by atoms with Gasteiger partial charge in [-0.25, -0.2) is 4.98 Å². The van der Waals surface area contributed by atoms with E-state index in [0.29, 0.717) is 5.69 Å². The highest BCUT2D eigenvalue weighted by molar-refractivity contribution is 5.50. The quantitative estimate of drug-likeness (QED) is 0.688. The smallest absolute Gasteiger partial charge is 0.128 e. The van der Waals surface area contributed by atoms with E-state index in [1.165, 1.54) is 0 Å². The Morgan fingerprint density at radius 3 is 2.93 bits per heavy atom. The van der Waals surface area contributed by atoms with Gasteiger partial charge in [-0.1, -0.05) is 6.92 Å². The minimum absolute atomic E-state index is 0.230. The van der Waals surface area contributed by atoms with Crippen LogP contribution in [0.5, 0.6) is 0 Å². The minimum Gasteiger partial charge on any atom is -0.397 e. The molecule has 1 aromatic rings. The topological polar surface area (TPSA) is 71.2 Å². The summed E-state index contributed by atoms with van der Waals surface area (Å²) in [5.41, 5.74) is 7.30. The molecule has 1 atom stereocenters. The third kappa shape index (κ3) is 3.75. The van der Waals surface area contributed by atoms with Crippen molar-refractivity contribution < 1.29 is 5.11 Å². The molecule has 0 bridgehead atoms. The highest BCUT2D eigenvalue weighted by atomic mass is 16.3. The van der Waals surface area contributed by atoms with Gasteiger partial charge in [0.2, 0.25) is 0 Å².